The van der Waals surface area contributed by atoms with E-state index in [2.05, 4.69) is 42.5 Å². The van der Waals surface area contributed by atoms with Crippen LogP contribution < -0.4 is 71.9 Å². The van der Waals surface area contributed by atoms with Gasteiger partial charge in [-0.25, -0.2) is 13.1 Å². The van der Waals surface area contributed by atoms with Gasteiger partial charge in [-0.05, 0) is 196 Å². The van der Waals surface area contributed by atoms with Gasteiger partial charge in [-0.1, -0.05) is 55.2 Å². The van der Waals surface area contributed by atoms with Gasteiger partial charge in [0.2, 0.25) is 59.3 Å². The van der Waals surface area contributed by atoms with Gasteiger partial charge in [0, 0.05) is 35.2 Å². The van der Waals surface area contributed by atoms with E-state index in [1.807, 2.05) is 4.72 Å². The molecular weight excluding hydrogens is 1660 g/mol. The Morgan fingerprint density at radius 3 is 1.88 bits per heavy atom. The number of methoxy groups -OCH3 is 1. The maximum atomic E-state index is 16.6. The third-order valence-corrected chi connectivity index (χ3v) is 25.9. The van der Waals surface area contributed by atoms with Crippen LogP contribution in [0.1, 0.15) is 137 Å². The molecule has 7 aliphatic heterocycles. The minimum atomic E-state index is -4.90. The number of amides is 8. The number of phenolic OH excluding ortho intramolecular Hbond substituents is 3. The average molecular weight is 1750 g/mol. The van der Waals surface area contributed by atoms with E-state index in [0.29, 0.717) is 11.8 Å². The molecule has 18 atom stereocenters. The topological polar surface area (TPSA) is 552 Å². The van der Waals surface area contributed by atoms with Gasteiger partial charge in [-0.2, -0.15) is 0 Å². The maximum Gasteiger partial charge on any atom is 0.264 e. The standard InChI is InChI=1S/C83H96Cl2N10O26S/c1-33(2)17-50(87-5)75(106)93-66-68(101)38-8-15-54(48(84)24-38)117-56-26-42-27-57(72(56)121-82-73(71(104)70(103)58(32-96)119-82)120-60-31-83(4,86)74(105)34(3)116-60)118-55-16-9-39(25-49(55)85)69(102)67-81(112)92-65(79(110)89-62-40-19-35-18-36(21-40)22-41(62)20-35)47-28-43(97)29-53(99)61(47)46-23-37(7-14-52(46)98)63(77(108)94-67)91-78(109)64(42)90-76(107)51(88-80(66)111)30-59(100)95-122(113,114)45-12-10-44(115-6)11-13-45/h7-16,23-29,33-36,40-41,50-51,58,60,62-71,73-74,82,87,96-99,101-105H,17-22,30-32,86H2,1-6H3,(H,88,111)(H,89,110)(H,90,107)(H,91,109)(H,92,112)(H,93,106)(H,94,108)(H,95,100)/t34-,35?,36?,40?,41?,50+,51-,58+,60-,62?,63+,64+,65-,66+,67-,68+,69+,70+,71-,73+,74+,82-,83-/m0/s1. The van der Waals surface area contributed by atoms with Crippen LogP contribution in [0.4, 0.5) is 0 Å². The molecule has 4 aliphatic carbocycles. The highest BCUT2D eigenvalue weighted by atomic mass is 35.5. The number of benzene rings is 6. The van der Waals surface area contributed by atoms with Crippen LogP contribution >= 0.6 is 23.2 Å². The number of hydrogen-bond acceptors (Lipinski definition) is 28. The van der Waals surface area contributed by atoms with Crippen LogP contribution in [0.5, 0.6) is 51.7 Å². The number of rotatable bonds is 17. The summed E-state index contributed by atoms with van der Waals surface area (Å²) in [4.78, 5) is 124. The first-order valence-corrected chi connectivity index (χ1v) is 42.1. The summed E-state index contributed by atoms with van der Waals surface area (Å²) in [5.74, 6) is -14.3. The van der Waals surface area contributed by atoms with Gasteiger partial charge in [0.1, 0.15) is 101 Å². The van der Waals surface area contributed by atoms with Gasteiger partial charge in [-0.15, -0.1) is 0 Å². The second kappa shape index (κ2) is 35.5. The SMILES string of the molecule is CN[C@H](CC(C)C)C(=O)N[C@H]1C(=O)N[C@@H](CC(=O)NS(=O)(=O)c2ccc(OC)cc2)C(=O)N[C@H]2C(=O)N[C@H]3C(=O)N[C@H](C(=O)N[C@H](C(=O)NC4C5CC6CC(C5)CC4C6)c4cc(O)cc(O)c4-c4cc3ccc4O)[C@H](O)c3ccc(c(Cl)c3)Oc3cc2cc(c3O[C@@H]2O[C@H](CO)[C@@H](O)[C@H](O)[C@H]2O[C@H]2C[C@](C)(N)[C@H](O)[C@H](C)O2)Oc2ccc(cc2Cl)[C@H]1O. The Kier molecular flexibility index (Phi) is 25.7. The number of aromatic hydroxyl groups is 3. The summed E-state index contributed by atoms with van der Waals surface area (Å²) < 4.78 is 74.2. The zero-order valence-electron chi connectivity index (χ0n) is 66.7. The van der Waals surface area contributed by atoms with Crippen molar-refractivity contribution in [2.24, 2.45) is 35.3 Å². The zero-order valence-corrected chi connectivity index (χ0v) is 69.0. The van der Waals surface area contributed by atoms with Crippen molar-refractivity contribution in [3.05, 3.63) is 141 Å². The number of fused-ring (bicyclic) bond motifs is 15. The summed E-state index contributed by atoms with van der Waals surface area (Å²) >= 11 is 14.5. The molecule has 4 saturated carbocycles. The van der Waals surface area contributed by atoms with Gasteiger partial charge in [0.25, 0.3) is 10.0 Å². The number of phenols is 3. The van der Waals surface area contributed by atoms with E-state index in [4.69, 9.17) is 62.1 Å². The monoisotopic (exact) mass is 1750 g/mol. The molecule has 39 heteroatoms. The molecule has 654 valence electrons. The van der Waals surface area contributed by atoms with Crippen molar-refractivity contribution in [3.63, 3.8) is 0 Å². The molecule has 2 saturated heterocycles. The van der Waals surface area contributed by atoms with Gasteiger partial charge in [0.15, 0.2) is 23.9 Å². The molecule has 0 spiro atoms. The predicted molar refractivity (Wildman–Crippen MR) is 430 cm³/mol. The van der Waals surface area contributed by atoms with Gasteiger partial charge in [-0.3, -0.25) is 38.4 Å². The molecule has 6 fully saturated rings. The van der Waals surface area contributed by atoms with Crippen molar-refractivity contribution in [2.75, 3.05) is 20.8 Å². The summed E-state index contributed by atoms with van der Waals surface area (Å²) in [5, 5.41) is 127. The number of aliphatic hydroxyl groups excluding tert-OH is 6. The van der Waals surface area contributed by atoms with Crippen LogP contribution in [0.3, 0.4) is 0 Å². The summed E-state index contributed by atoms with van der Waals surface area (Å²) in [6, 6.07) is 3.88. The Balaban J connectivity index is 0.975. The van der Waals surface area contributed by atoms with E-state index in [0.717, 1.165) is 105 Å². The van der Waals surface area contributed by atoms with Crippen LogP contribution in [-0.2, 0) is 62.6 Å². The van der Waals surface area contributed by atoms with E-state index in [1.54, 1.807) is 13.8 Å². The maximum absolute atomic E-state index is 16.6. The van der Waals surface area contributed by atoms with Crippen LogP contribution in [0.15, 0.2) is 108 Å². The first-order valence-electron chi connectivity index (χ1n) is 39.8. The number of carbonyl (C=O) groups excluding carboxylic acids is 8. The summed E-state index contributed by atoms with van der Waals surface area (Å²) in [6.45, 7) is 5.60. The Morgan fingerprint density at radius 1 is 0.672 bits per heavy atom. The van der Waals surface area contributed by atoms with E-state index in [1.165, 1.54) is 58.3 Å². The lowest BCUT2D eigenvalue weighted by atomic mass is 9.54. The average Bonchev–Trinajstić information content (AvgIpc) is 0.756. The number of sulfonamides is 1. The Labute approximate surface area is 709 Å². The van der Waals surface area contributed by atoms with E-state index >= 15 is 28.8 Å². The first-order chi connectivity index (χ1) is 57.9. The number of nitrogens with one attached hydrogen (secondary N) is 9. The van der Waals surface area contributed by atoms with E-state index in [-0.39, 0.29) is 69.9 Å². The molecule has 0 radical (unpaired) electrons. The number of aliphatic hydroxyl groups is 6. The third kappa shape index (κ3) is 18.2. The Morgan fingerprint density at radius 2 is 1.28 bits per heavy atom. The lowest BCUT2D eigenvalue weighted by Crippen LogP contribution is -2.64. The molecule has 7 heterocycles. The molecular formula is C83H96Cl2N10O26S. The van der Waals surface area contributed by atoms with Crippen molar-refractivity contribution in [1.29, 1.82) is 0 Å². The van der Waals surface area contributed by atoms with Crippen molar-refractivity contribution in [3.8, 4) is 62.9 Å². The summed E-state index contributed by atoms with van der Waals surface area (Å²) in [5.41, 5.74) is 2.71. The zero-order chi connectivity index (χ0) is 87.6. The predicted octanol–water partition coefficient (Wildman–Crippen LogP) is 2.99. The highest BCUT2D eigenvalue weighted by molar-refractivity contribution is 7.90. The minimum absolute atomic E-state index is 0.0456. The smallest absolute Gasteiger partial charge is 0.264 e. The second-order valence-corrected chi connectivity index (χ2v) is 35.6. The highest BCUT2D eigenvalue weighted by Gasteiger charge is 2.53. The molecule has 8 amide bonds. The lowest BCUT2D eigenvalue weighted by molar-refractivity contribution is -0.333. The molecule has 6 aromatic rings. The second-order valence-electron chi connectivity index (χ2n) is 33.1. The van der Waals surface area contributed by atoms with Crippen LogP contribution in [0, 0.1) is 29.6 Å². The van der Waals surface area contributed by atoms with Gasteiger partial charge >= 0.3 is 0 Å². The molecule has 17 rings (SSSR count). The molecule has 122 heavy (non-hydrogen) atoms. The molecule has 15 bridgehead atoms. The van der Waals surface area contributed by atoms with Crippen LogP contribution in [0.2, 0.25) is 10.0 Å². The minimum Gasteiger partial charge on any atom is -0.508 e. The molecule has 11 aliphatic rings. The van der Waals surface area contributed by atoms with Gasteiger partial charge in [0.05, 0.1) is 53.3 Å². The summed E-state index contributed by atoms with van der Waals surface area (Å²) in [7, 11) is -2.13. The van der Waals surface area contributed by atoms with Gasteiger partial charge < -0.3 is 127 Å². The quantitative estimate of drug-likeness (QED) is 0.0624. The van der Waals surface area contributed by atoms with E-state index < -0.39 is 252 Å². The van der Waals surface area contributed by atoms with Crippen molar-refractivity contribution in [2.45, 2.75) is 199 Å². The largest absolute Gasteiger partial charge is 0.508 e. The van der Waals surface area contributed by atoms with Crippen molar-refractivity contribution >= 4 is 80.5 Å². The fourth-order valence-corrected chi connectivity index (χ4v) is 19.4. The number of halogens is 2. The van der Waals surface area contributed by atoms with Crippen molar-refractivity contribution in [1.82, 2.24) is 47.3 Å². The molecule has 6 aromatic carbocycles. The Hall–Kier alpha value is -10.2. The fraction of sp³-hybridized carbons (Fsp3) is 0.470. The lowest BCUT2D eigenvalue weighted by Gasteiger charge is -2.54. The number of nitrogens with two attached hydrogens (primary N) is 1. The summed E-state index contributed by atoms with van der Waals surface area (Å²) in [6.07, 6.45) is -15.0. The highest BCUT2D eigenvalue weighted by Crippen LogP contribution is 2.55. The fourth-order valence-electron chi connectivity index (χ4n) is 17.9. The Bertz CT molecular complexity index is 5160. The molecule has 36 nitrogen and oxygen atoms in total. The normalized spacial score (nSPS) is 31.0. The molecule has 0 aromatic heterocycles. The van der Waals surface area contributed by atoms with Crippen LogP contribution in [-0.4, -0.2) is 207 Å². The van der Waals surface area contributed by atoms with Crippen LogP contribution in [0.25, 0.3) is 11.1 Å². The molecule has 0 unspecified atom stereocenters. The number of carbonyl (C=O) groups is 8. The van der Waals surface area contributed by atoms with E-state index in [9.17, 15) is 64.0 Å². The van der Waals surface area contributed by atoms with Crippen molar-refractivity contribution < 1.29 is 126 Å². The number of hydrogen-bond donors (Lipinski definition) is 19. The molecule has 20 N–H and O–H groups in total. The third-order valence-electron chi connectivity index (χ3n) is 23.9. The number of likely N-dealkylation sites (N-methyl/N-ethyl adjacent to an activating group) is 1. The number of ether oxygens (including phenoxy) is 7. The first kappa shape index (κ1) is 88.1.